The van der Waals surface area contributed by atoms with E-state index in [0.29, 0.717) is 6.54 Å². The summed E-state index contributed by atoms with van der Waals surface area (Å²) in [7, 11) is 1.36. The van der Waals surface area contributed by atoms with E-state index < -0.39 is 0 Å². The zero-order valence-corrected chi connectivity index (χ0v) is 10.2. The van der Waals surface area contributed by atoms with Gasteiger partial charge in [-0.2, -0.15) is 0 Å². The fraction of sp³-hybridized carbons (Fsp3) is 0.364. The molecule has 0 heterocycles. The van der Waals surface area contributed by atoms with Crippen molar-refractivity contribution in [1.82, 2.24) is 5.32 Å². The number of aryl methyl sites for hydroxylation is 1. The van der Waals surface area contributed by atoms with Crippen LogP contribution >= 0.6 is 15.9 Å². The molecule has 0 fully saturated rings. The number of halogens is 1. The molecule has 0 aromatic heterocycles. The van der Waals surface area contributed by atoms with Crippen LogP contribution in [0.4, 0.5) is 4.79 Å². The summed E-state index contributed by atoms with van der Waals surface area (Å²) in [5.74, 6) is 0. The van der Waals surface area contributed by atoms with Gasteiger partial charge < -0.3 is 10.1 Å². The lowest BCUT2D eigenvalue weighted by Crippen LogP contribution is -2.24. The van der Waals surface area contributed by atoms with Crippen LogP contribution in [0, 0.1) is 0 Å². The second-order valence-corrected chi connectivity index (χ2v) is 3.97. The summed E-state index contributed by atoms with van der Waals surface area (Å²) < 4.78 is 5.58. The summed E-state index contributed by atoms with van der Waals surface area (Å²) in [6, 6.07) is 8.08. The highest BCUT2D eigenvalue weighted by Crippen LogP contribution is 2.16. The van der Waals surface area contributed by atoms with Crippen LogP contribution in [0.2, 0.25) is 0 Å². The number of nitrogens with one attached hydrogen (secondary N) is 1. The topological polar surface area (TPSA) is 38.3 Å². The van der Waals surface area contributed by atoms with Crippen molar-refractivity contribution in [2.24, 2.45) is 0 Å². The van der Waals surface area contributed by atoms with Gasteiger partial charge in [-0.15, -0.1) is 0 Å². The zero-order chi connectivity index (χ0) is 11.1. The van der Waals surface area contributed by atoms with Gasteiger partial charge in [-0.05, 0) is 24.5 Å². The van der Waals surface area contributed by atoms with Crippen LogP contribution < -0.4 is 5.32 Å². The molecule has 4 heteroatoms. The lowest BCUT2D eigenvalue weighted by molar-refractivity contribution is 0.171. The Bertz CT molecular complexity index is 328. The first-order valence-electron chi connectivity index (χ1n) is 4.79. The van der Waals surface area contributed by atoms with Crippen molar-refractivity contribution in [3.05, 3.63) is 34.3 Å². The Morgan fingerprint density at radius 3 is 2.87 bits per heavy atom. The van der Waals surface area contributed by atoms with Crippen molar-refractivity contribution in [3.63, 3.8) is 0 Å². The van der Waals surface area contributed by atoms with Crippen LogP contribution in [0.3, 0.4) is 0 Å². The molecule has 0 aliphatic heterocycles. The van der Waals surface area contributed by atoms with Gasteiger partial charge in [-0.1, -0.05) is 34.1 Å². The first-order chi connectivity index (χ1) is 7.24. The van der Waals surface area contributed by atoms with Crippen molar-refractivity contribution >= 4 is 22.0 Å². The van der Waals surface area contributed by atoms with E-state index in [4.69, 9.17) is 0 Å². The number of alkyl carbamates (subject to hydrolysis) is 1. The number of rotatable bonds is 4. The Kier molecular flexibility index (Phi) is 5.18. The summed E-state index contributed by atoms with van der Waals surface area (Å²) in [4.78, 5) is 10.7. The average molecular weight is 272 g/mol. The van der Waals surface area contributed by atoms with Gasteiger partial charge in [0.1, 0.15) is 0 Å². The third-order valence-electron chi connectivity index (χ3n) is 2.04. The lowest BCUT2D eigenvalue weighted by Gasteiger charge is -2.05. The van der Waals surface area contributed by atoms with E-state index in [0.717, 1.165) is 17.3 Å². The van der Waals surface area contributed by atoms with Gasteiger partial charge in [0.15, 0.2) is 0 Å². The summed E-state index contributed by atoms with van der Waals surface area (Å²) in [5.41, 5.74) is 1.25. The molecule has 82 valence electrons. The highest BCUT2D eigenvalue weighted by molar-refractivity contribution is 9.10. The minimum atomic E-state index is -0.373. The molecule has 1 rings (SSSR count). The van der Waals surface area contributed by atoms with Gasteiger partial charge in [-0.25, -0.2) is 4.79 Å². The van der Waals surface area contributed by atoms with Gasteiger partial charge >= 0.3 is 6.09 Å². The molecule has 1 aromatic rings. The van der Waals surface area contributed by atoms with E-state index in [1.54, 1.807) is 0 Å². The van der Waals surface area contributed by atoms with Crippen molar-refractivity contribution in [2.75, 3.05) is 13.7 Å². The maximum absolute atomic E-state index is 10.7. The molecule has 0 saturated heterocycles. The molecule has 0 bridgehead atoms. The number of hydrogen-bond donors (Lipinski definition) is 1. The number of carbonyl (C=O) groups is 1. The normalized spacial score (nSPS) is 9.73. The van der Waals surface area contributed by atoms with E-state index in [-0.39, 0.29) is 6.09 Å². The molecule has 0 aliphatic rings. The second-order valence-electron chi connectivity index (χ2n) is 3.11. The lowest BCUT2D eigenvalue weighted by atomic mass is 10.1. The third kappa shape index (κ3) is 4.34. The molecule has 0 aliphatic carbocycles. The number of carbonyl (C=O) groups excluding carboxylic acids is 1. The third-order valence-corrected chi connectivity index (χ3v) is 2.81. The van der Waals surface area contributed by atoms with Crippen LogP contribution in [-0.2, 0) is 11.2 Å². The van der Waals surface area contributed by atoms with Crippen LogP contribution in [-0.4, -0.2) is 19.7 Å². The first kappa shape index (κ1) is 12.0. The SMILES string of the molecule is COC(=O)NCCCc1ccccc1Br. The Balaban J connectivity index is 2.26. The number of ether oxygens (including phenoxy) is 1. The fourth-order valence-corrected chi connectivity index (χ4v) is 1.73. The van der Waals surface area contributed by atoms with Gasteiger partial charge in [0, 0.05) is 11.0 Å². The van der Waals surface area contributed by atoms with Crippen molar-refractivity contribution in [1.29, 1.82) is 0 Å². The first-order valence-corrected chi connectivity index (χ1v) is 5.58. The Labute approximate surface area is 97.9 Å². The van der Waals surface area contributed by atoms with Gasteiger partial charge in [-0.3, -0.25) is 0 Å². The van der Waals surface area contributed by atoms with E-state index >= 15 is 0 Å². The van der Waals surface area contributed by atoms with Crippen LogP contribution in [0.5, 0.6) is 0 Å². The monoisotopic (exact) mass is 271 g/mol. The second kappa shape index (κ2) is 6.45. The summed E-state index contributed by atoms with van der Waals surface area (Å²) in [6.07, 6.45) is 1.46. The fourth-order valence-electron chi connectivity index (χ4n) is 1.24. The van der Waals surface area contributed by atoms with Crippen LogP contribution in [0.15, 0.2) is 28.7 Å². The number of benzene rings is 1. The summed E-state index contributed by atoms with van der Waals surface area (Å²) in [6.45, 7) is 0.633. The minimum Gasteiger partial charge on any atom is -0.453 e. The Morgan fingerprint density at radius 2 is 2.20 bits per heavy atom. The number of hydrogen-bond acceptors (Lipinski definition) is 2. The Morgan fingerprint density at radius 1 is 1.47 bits per heavy atom. The molecule has 1 amide bonds. The van der Waals surface area contributed by atoms with E-state index in [1.807, 2.05) is 18.2 Å². The average Bonchev–Trinajstić information content (AvgIpc) is 2.26. The predicted molar refractivity (Wildman–Crippen MR) is 62.9 cm³/mol. The Hall–Kier alpha value is -1.03. The van der Waals surface area contributed by atoms with E-state index in [1.165, 1.54) is 12.7 Å². The highest BCUT2D eigenvalue weighted by Gasteiger charge is 2.00. The molecule has 3 nitrogen and oxygen atoms in total. The smallest absolute Gasteiger partial charge is 0.406 e. The molecule has 1 N–H and O–H groups in total. The largest absolute Gasteiger partial charge is 0.453 e. The molecule has 0 atom stereocenters. The number of amides is 1. The summed E-state index contributed by atoms with van der Waals surface area (Å²) >= 11 is 3.48. The quantitative estimate of drug-likeness (QED) is 0.856. The molecule has 0 unspecified atom stereocenters. The molecular weight excluding hydrogens is 258 g/mol. The van der Waals surface area contributed by atoms with Gasteiger partial charge in [0.05, 0.1) is 7.11 Å². The maximum atomic E-state index is 10.7. The van der Waals surface area contributed by atoms with Crippen molar-refractivity contribution < 1.29 is 9.53 Å². The van der Waals surface area contributed by atoms with Crippen molar-refractivity contribution in [3.8, 4) is 0 Å². The zero-order valence-electron chi connectivity index (χ0n) is 8.63. The molecule has 0 saturated carbocycles. The molecule has 1 aromatic carbocycles. The molecule has 0 radical (unpaired) electrons. The standard InChI is InChI=1S/C11H14BrNO2/c1-15-11(14)13-8-4-6-9-5-2-3-7-10(9)12/h2-3,5,7H,4,6,8H2,1H3,(H,13,14). The van der Waals surface area contributed by atoms with E-state index in [2.05, 4.69) is 32.0 Å². The summed E-state index contributed by atoms with van der Waals surface area (Å²) in [5, 5.41) is 2.65. The molecule has 0 spiro atoms. The molecular formula is C11H14BrNO2. The predicted octanol–water partition coefficient (Wildman–Crippen LogP) is 2.74. The van der Waals surface area contributed by atoms with Crippen molar-refractivity contribution in [2.45, 2.75) is 12.8 Å². The molecule has 15 heavy (non-hydrogen) atoms. The van der Waals surface area contributed by atoms with Crippen LogP contribution in [0.25, 0.3) is 0 Å². The number of methoxy groups -OCH3 is 1. The van der Waals surface area contributed by atoms with Gasteiger partial charge in [0.2, 0.25) is 0 Å². The van der Waals surface area contributed by atoms with Gasteiger partial charge in [0.25, 0.3) is 0 Å². The van der Waals surface area contributed by atoms with E-state index in [9.17, 15) is 4.79 Å². The maximum Gasteiger partial charge on any atom is 0.406 e. The van der Waals surface area contributed by atoms with Crippen LogP contribution in [0.1, 0.15) is 12.0 Å². The minimum absolute atomic E-state index is 0.373. The highest BCUT2D eigenvalue weighted by atomic mass is 79.9.